The molecule has 4 heteroatoms. The quantitative estimate of drug-likeness (QED) is 0.910. The SMILES string of the molecule is N#Cc1ccc(CNC2CCCc3sc(Cl)cc32)cc1. The molecule has 1 aromatic heterocycles. The zero-order chi connectivity index (χ0) is 13.9. The Kier molecular flexibility index (Phi) is 4.07. The number of nitrogens with zero attached hydrogens (tertiary/aromatic N) is 1. The number of hydrogen-bond acceptors (Lipinski definition) is 3. The van der Waals surface area contributed by atoms with E-state index in [1.807, 2.05) is 24.3 Å². The van der Waals surface area contributed by atoms with Crippen molar-refractivity contribution in [3.8, 4) is 6.07 Å². The minimum absolute atomic E-state index is 0.401. The molecular weight excluding hydrogens is 288 g/mol. The van der Waals surface area contributed by atoms with E-state index in [4.69, 9.17) is 16.9 Å². The summed E-state index contributed by atoms with van der Waals surface area (Å²) in [6, 6.07) is 12.4. The van der Waals surface area contributed by atoms with Crippen LogP contribution < -0.4 is 5.32 Å². The van der Waals surface area contributed by atoms with Crippen LogP contribution in [0, 0.1) is 11.3 Å². The first-order valence-electron chi connectivity index (χ1n) is 6.77. The van der Waals surface area contributed by atoms with Gasteiger partial charge in [0.25, 0.3) is 0 Å². The van der Waals surface area contributed by atoms with Gasteiger partial charge in [-0.05, 0) is 48.6 Å². The third-order valence-electron chi connectivity index (χ3n) is 3.72. The fourth-order valence-corrected chi connectivity index (χ4v) is 4.06. The minimum atomic E-state index is 0.401. The molecule has 0 saturated heterocycles. The van der Waals surface area contributed by atoms with Crippen LogP contribution in [0.1, 0.15) is 40.5 Å². The van der Waals surface area contributed by atoms with E-state index >= 15 is 0 Å². The molecule has 102 valence electrons. The van der Waals surface area contributed by atoms with Crippen LogP contribution in [0.2, 0.25) is 4.34 Å². The summed E-state index contributed by atoms with van der Waals surface area (Å²) >= 11 is 7.84. The van der Waals surface area contributed by atoms with Gasteiger partial charge < -0.3 is 5.32 Å². The van der Waals surface area contributed by atoms with Gasteiger partial charge >= 0.3 is 0 Å². The number of aryl methyl sites for hydroxylation is 1. The maximum Gasteiger partial charge on any atom is 0.0991 e. The van der Waals surface area contributed by atoms with Gasteiger partial charge in [0, 0.05) is 17.5 Å². The Bertz CT molecular complexity index is 639. The summed E-state index contributed by atoms with van der Waals surface area (Å²) in [7, 11) is 0. The fourth-order valence-electron chi connectivity index (χ4n) is 2.67. The van der Waals surface area contributed by atoms with Crippen LogP contribution in [0.3, 0.4) is 0 Å². The smallest absolute Gasteiger partial charge is 0.0991 e. The number of halogens is 1. The minimum Gasteiger partial charge on any atom is -0.306 e. The summed E-state index contributed by atoms with van der Waals surface area (Å²) in [5.41, 5.74) is 3.29. The average Bonchev–Trinajstić information content (AvgIpc) is 2.86. The lowest BCUT2D eigenvalue weighted by Crippen LogP contribution is -2.23. The van der Waals surface area contributed by atoms with E-state index in [1.54, 1.807) is 11.3 Å². The average molecular weight is 303 g/mol. The monoisotopic (exact) mass is 302 g/mol. The maximum absolute atomic E-state index is 8.80. The second kappa shape index (κ2) is 5.97. The predicted molar refractivity (Wildman–Crippen MR) is 83.0 cm³/mol. The Hall–Kier alpha value is -1.34. The van der Waals surface area contributed by atoms with Crippen molar-refractivity contribution in [2.24, 2.45) is 0 Å². The van der Waals surface area contributed by atoms with Crippen LogP contribution >= 0.6 is 22.9 Å². The highest BCUT2D eigenvalue weighted by molar-refractivity contribution is 7.16. The molecule has 1 atom stereocenters. The summed E-state index contributed by atoms with van der Waals surface area (Å²) in [4.78, 5) is 1.43. The highest BCUT2D eigenvalue weighted by Gasteiger charge is 2.22. The first-order chi connectivity index (χ1) is 9.76. The number of nitrogens with one attached hydrogen (secondary N) is 1. The molecule has 0 spiro atoms. The Morgan fingerprint density at radius 2 is 2.15 bits per heavy atom. The Balaban J connectivity index is 1.68. The maximum atomic E-state index is 8.80. The van der Waals surface area contributed by atoms with E-state index in [2.05, 4.69) is 17.5 Å². The van der Waals surface area contributed by atoms with Crippen molar-refractivity contribution < 1.29 is 0 Å². The van der Waals surface area contributed by atoms with Gasteiger partial charge in [0.15, 0.2) is 0 Å². The molecular formula is C16H15ClN2S. The van der Waals surface area contributed by atoms with Gasteiger partial charge in [0.2, 0.25) is 0 Å². The van der Waals surface area contributed by atoms with E-state index in [1.165, 1.54) is 22.4 Å². The van der Waals surface area contributed by atoms with Gasteiger partial charge in [0.05, 0.1) is 16.0 Å². The van der Waals surface area contributed by atoms with E-state index < -0.39 is 0 Å². The van der Waals surface area contributed by atoms with Crippen molar-refractivity contribution in [1.82, 2.24) is 5.32 Å². The summed E-state index contributed by atoms with van der Waals surface area (Å²) in [5.74, 6) is 0. The molecule has 0 radical (unpaired) electrons. The van der Waals surface area contributed by atoms with E-state index in [9.17, 15) is 0 Å². The van der Waals surface area contributed by atoms with Crippen LogP contribution in [0.5, 0.6) is 0 Å². The van der Waals surface area contributed by atoms with Crippen molar-refractivity contribution in [1.29, 1.82) is 5.26 Å². The molecule has 1 aliphatic carbocycles. The third-order valence-corrected chi connectivity index (χ3v) is 5.06. The summed E-state index contributed by atoms with van der Waals surface area (Å²) in [6.45, 7) is 0.823. The second-order valence-corrected chi connectivity index (χ2v) is 6.83. The Morgan fingerprint density at radius 3 is 2.90 bits per heavy atom. The molecule has 1 aromatic carbocycles. The van der Waals surface area contributed by atoms with Crippen molar-refractivity contribution in [2.45, 2.75) is 31.8 Å². The highest BCUT2D eigenvalue weighted by atomic mass is 35.5. The largest absolute Gasteiger partial charge is 0.306 e. The van der Waals surface area contributed by atoms with Gasteiger partial charge in [-0.15, -0.1) is 11.3 Å². The lowest BCUT2D eigenvalue weighted by Gasteiger charge is -2.23. The van der Waals surface area contributed by atoms with E-state index in [0.29, 0.717) is 11.6 Å². The number of benzene rings is 1. The summed E-state index contributed by atoms with van der Waals surface area (Å²) < 4.78 is 0.891. The molecule has 2 aromatic rings. The molecule has 1 heterocycles. The zero-order valence-corrected chi connectivity index (χ0v) is 12.6. The number of nitriles is 1. The molecule has 1 N–H and O–H groups in total. The van der Waals surface area contributed by atoms with E-state index in [-0.39, 0.29) is 0 Å². The summed E-state index contributed by atoms with van der Waals surface area (Å²) in [5, 5.41) is 12.4. The molecule has 2 nitrogen and oxygen atoms in total. The van der Waals surface area contributed by atoms with Crippen LogP contribution in [0.15, 0.2) is 30.3 Å². The van der Waals surface area contributed by atoms with Gasteiger partial charge in [-0.25, -0.2) is 0 Å². The number of rotatable bonds is 3. The van der Waals surface area contributed by atoms with Crippen LogP contribution in [-0.4, -0.2) is 0 Å². The first kappa shape index (κ1) is 13.6. The van der Waals surface area contributed by atoms with Crippen LogP contribution in [0.25, 0.3) is 0 Å². The molecule has 0 bridgehead atoms. The van der Waals surface area contributed by atoms with Crippen molar-refractivity contribution in [3.05, 3.63) is 56.2 Å². The van der Waals surface area contributed by atoms with Crippen molar-refractivity contribution in [2.75, 3.05) is 0 Å². The topological polar surface area (TPSA) is 35.8 Å². The molecule has 1 unspecified atom stereocenters. The van der Waals surface area contributed by atoms with Gasteiger partial charge in [-0.2, -0.15) is 5.26 Å². The molecule has 0 aliphatic heterocycles. The number of hydrogen-bond donors (Lipinski definition) is 1. The van der Waals surface area contributed by atoms with Crippen molar-refractivity contribution >= 4 is 22.9 Å². The van der Waals surface area contributed by atoms with Gasteiger partial charge in [-0.3, -0.25) is 0 Å². The molecule has 20 heavy (non-hydrogen) atoms. The van der Waals surface area contributed by atoms with Gasteiger partial charge in [0.1, 0.15) is 0 Å². The molecule has 0 saturated carbocycles. The lowest BCUT2D eigenvalue weighted by atomic mass is 9.94. The standard InChI is InChI=1S/C16H15ClN2S/c17-16-8-13-14(2-1-3-15(13)20-16)19-10-12-6-4-11(9-18)5-7-12/h4-8,14,19H,1-3,10H2. The zero-order valence-electron chi connectivity index (χ0n) is 11.0. The first-order valence-corrected chi connectivity index (χ1v) is 7.96. The molecule has 0 fully saturated rings. The second-order valence-electron chi connectivity index (χ2n) is 5.06. The van der Waals surface area contributed by atoms with Gasteiger partial charge in [-0.1, -0.05) is 23.7 Å². The van der Waals surface area contributed by atoms with Crippen molar-refractivity contribution in [3.63, 3.8) is 0 Å². The van der Waals surface area contributed by atoms with Crippen LogP contribution in [0.4, 0.5) is 0 Å². The van der Waals surface area contributed by atoms with Crippen LogP contribution in [-0.2, 0) is 13.0 Å². The Labute approximate surface area is 128 Å². The normalized spacial score (nSPS) is 17.5. The third kappa shape index (κ3) is 2.88. The number of thiophene rings is 1. The predicted octanol–water partition coefficient (Wildman–Crippen LogP) is 4.44. The summed E-state index contributed by atoms with van der Waals surface area (Å²) in [6.07, 6.45) is 3.53. The van der Waals surface area contributed by atoms with E-state index in [0.717, 1.165) is 23.7 Å². The Morgan fingerprint density at radius 1 is 1.35 bits per heavy atom. The number of fused-ring (bicyclic) bond motifs is 1. The molecule has 1 aliphatic rings. The fraction of sp³-hybridized carbons (Fsp3) is 0.312. The molecule has 0 amide bonds. The highest BCUT2D eigenvalue weighted by Crippen LogP contribution is 2.37. The lowest BCUT2D eigenvalue weighted by molar-refractivity contribution is 0.463. The molecule has 3 rings (SSSR count).